The van der Waals surface area contributed by atoms with Gasteiger partial charge in [-0.2, -0.15) is 0 Å². The summed E-state index contributed by atoms with van der Waals surface area (Å²) in [6.07, 6.45) is 29.5. The number of carbonyl (C=O) groups excluding carboxylic acids is 2. The van der Waals surface area contributed by atoms with E-state index in [4.69, 9.17) is 5.73 Å². The van der Waals surface area contributed by atoms with E-state index in [1.54, 1.807) is 0 Å². The van der Waals surface area contributed by atoms with Gasteiger partial charge in [0.15, 0.2) is 11.3 Å². The average Bonchev–Trinajstić information content (AvgIpc) is 3.04. The summed E-state index contributed by atoms with van der Waals surface area (Å²) in [5.74, 6) is -2.55. The van der Waals surface area contributed by atoms with Crippen molar-refractivity contribution in [3.05, 3.63) is 0 Å². The van der Waals surface area contributed by atoms with Crippen molar-refractivity contribution in [1.29, 1.82) is 0 Å². The number of rotatable bonds is 36. The van der Waals surface area contributed by atoms with E-state index in [2.05, 4.69) is 13.8 Å². The van der Waals surface area contributed by atoms with Crippen molar-refractivity contribution < 1.29 is 29.7 Å². The van der Waals surface area contributed by atoms with E-state index < -0.39 is 35.3 Å². The van der Waals surface area contributed by atoms with Crippen LogP contribution in [0.5, 0.6) is 0 Å². The van der Waals surface area contributed by atoms with E-state index in [0.29, 0.717) is 12.8 Å². The maximum atomic E-state index is 13.3. The summed E-state index contributed by atoms with van der Waals surface area (Å²) >= 11 is 0.887. The van der Waals surface area contributed by atoms with Crippen LogP contribution in [-0.2, 0) is 14.4 Å². The molecule has 272 valence electrons. The minimum absolute atomic E-state index is 0.0200. The lowest BCUT2D eigenvalue weighted by atomic mass is 9.84. The molecule has 8 heteroatoms. The fourth-order valence-corrected chi connectivity index (χ4v) is 7.39. The Morgan fingerprint density at radius 2 is 0.913 bits per heavy atom. The number of hydrogen-bond donors (Lipinski definition) is 4. The molecular weight excluding hydrogens is 598 g/mol. The average molecular weight is 672 g/mol. The lowest BCUT2D eigenvalue weighted by Crippen LogP contribution is -2.64. The summed E-state index contributed by atoms with van der Waals surface area (Å²) in [5.41, 5.74) is 3.97. The summed E-state index contributed by atoms with van der Waals surface area (Å²) in [6, 6.07) is 0. The third-order valence-corrected chi connectivity index (χ3v) is 10.8. The Labute approximate surface area is 287 Å². The SMILES string of the molecule is CCCCCCCCCCCCCCCC(=O)C(SCC(O)CO)C(N)(C(=O)O)C(=O)CCCCCCCCCCCCCCC. The standard InChI is InChI=1S/C38H73NO6S/c1-3-5-7-9-11-13-15-17-19-21-23-25-27-29-34(42)36(46-32-33(41)31-40)38(39,37(44)45)35(43)30-28-26-24-22-20-18-16-14-12-10-8-6-4-2/h33,36,40-41H,3-32,39H2,1-2H3,(H,44,45). The summed E-state index contributed by atoms with van der Waals surface area (Å²) in [6.45, 7) is 3.96. The molecule has 3 atom stereocenters. The minimum atomic E-state index is -2.34. The number of aliphatic hydroxyl groups excluding tert-OH is 2. The zero-order chi connectivity index (χ0) is 34.3. The second-order valence-corrected chi connectivity index (χ2v) is 14.7. The van der Waals surface area contributed by atoms with Crippen LogP contribution in [0.3, 0.4) is 0 Å². The number of thioether (sulfide) groups is 1. The smallest absolute Gasteiger partial charge is 0.333 e. The highest BCUT2D eigenvalue weighted by Gasteiger charge is 2.51. The predicted molar refractivity (Wildman–Crippen MR) is 195 cm³/mol. The number of carboxylic acids is 1. The molecule has 0 amide bonds. The van der Waals surface area contributed by atoms with Gasteiger partial charge in [-0.3, -0.25) is 9.59 Å². The van der Waals surface area contributed by atoms with Crippen LogP contribution in [0.15, 0.2) is 0 Å². The Hall–Kier alpha value is -0.960. The fraction of sp³-hybridized carbons (Fsp3) is 0.921. The minimum Gasteiger partial charge on any atom is -0.479 e. The first-order valence-electron chi connectivity index (χ1n) is 19.2. The fourth-order valence-electron chi connectivity index (χ4n) is 6.07. The molecule has 0 heterocycles. The van der Waals surface area contributed by atoms with Crippen molar-refractivity contribution in [3.63, 3.8) is 0 Å². The van der Waals surface area contributed by atoms with Crippen LogP contribution < -0.4 is 5.73 Å². The molecule has 7 nitrogen and oxygen atoms in total. The molecule has 46 heavy (non-hydrogen) atoms. The number of aliphatic carboxylic acids is 1. The Bertz CT molecular complexity index is 751. The van der Waals surface area contributed by atoms with Crippen LogP contribution in [0.25, 0.3) is 0 Å². The van der Waals surface area contributed by atoms with Gasteiger partial charge in [0.2, 0.25) is 0 Å². The van der Waals surface area contributed by atoms with Crippen molar-refractivity contribution in [1.82, 2.24) is 0 Å². The van der Waals surface area contributed by atoms with E-state index in [9.17, 15) is 29.7 Å². The van der Waals surface area contributed by atoms with Gasteiger partial charge in [-0.15, -0.1) is 11.8 Å². The van der Waals surface area contributed by atoms with Gasteiger partial charge in [-0.05, 0) is 12.8 Å². The van der Waals surface area contributed by atoms with Gasteiger partial charge in [-0.1, -0.05) is 168 Å². The van der Waals surface area contributed by atoms with Gasteiger partial charge in [0.25, 0.3) is 0 Å². The second-order valence-electron chi connectivity index (χ2n) is 13.6. The Morgan fingerprint density at radius 3 is 1.24 bits per heavy atom. The lowest BCUT2D eigenvalue weighted by molar-refractivity contribution is -0.150. The number of Topliss-reactive ketones (excluding diaryl/α,β-unsaturated/α-hetero) is 2. The molecule has 0 radical (unpaired) electrons. The van der Waals surface area contributed by atoms with E-state index in [1.165, 1.54) is 116 Å². The molecule has 0 aromatic heterocycles. The molecule has 0 aliphatic carbocycles. The zero-order valence-corrected chi connectivity index (χ0v) is 30.7. The summed E-state index contributed by atoms with van der Waals surface area (Å²) in [4.78, 5) is 39.0. The maximum Gasteiger partial charge on any atom is 0.333 e. The van der Waals surface area contributed by atoms with Gasteiger partial charge in [0.1, 0.15) is 5.78 Å². The third kappa shape index (κ3) is 22.6. The van der Waals surface area contributed by atoms with Crippen LogP contribution in [0.2, 0.25) is 0 Å². The summed E-state index contributed by atoms with van der Waals surface area (Å²) < 4.78 is 0. The summed E-state index contributed by atoms with van der Waals surface area (Å²) in [7, 11) is 0. The van der Waals surface area contributed by atoms with Crippen LogP contribution in [0.4, 0.5) is 0 Å². The largest absolute Gasteiger partial charge is 0.479 e. The molecule has 0 saturated carbocycles. The molecule has 0 saturated heterocycles. The molecule has 0 aromatic rings. The molecule has 0 aliphatic rings. The van der Waals surface area contributed by atoms with Gasteiger partial charge in [0.05, 0.1) is 18.0 Å². The van der Waals surface area contributed by atoms with E-state index in [1.807, 2.05) is 0 Å². The zero-order valence-electron chi connectivity index (χ0n) is 29.9. The van der Waals surface area contributed by atoms with Gasteiger partial charge in [0, 0.05) is 18.6 Å². The highest BCUT2D eigenvalue weighted by Crippen LogP contribution is 2.29. The molecule has 0 rings (SSSR count). The van der Waals surface area contributed by atoms with Crippen LogP contribution in [0, 0.1) is 0 Å². The quantitative estimate of drug-likeness (QED) is 0.0382. The molecular formula is C38H73NO6S. The first-order chi connectivity index (χ1) is 22.2. The number of aliphatic hydroxyl groups is 2. The molecule has 0 aliphatic heterocycles. The van der Waals surface area contributed by atoms with E-state index >= 15 is 0 Å². The number of carbonyl (C=O) groups is 3. The molecule has 0 aromatic carbocycles. The third-order valence-electron chi connectivity index (χ3n) is 9.22. The number of hydrogen-bond acceptors (Lipinski definition) is 7. The van der Waals surface area contributed by atoms with Crippen LogP contribution in [-0.4, -0.2) is 62.1 Å². The molecule has 0 spiro atoms. The molecule has 3 unspecified atom stereocenters. The first-order valence-corrected chi connectivity index (χ1v) is 20.3. The van der Waals surface area contributed by atoms with Gasteiger partial charge in [-0.25, -0.2) is 4.79 Å². The van der Waals surface area contributed by atoms with Crippen LogP contribution in [0.1, 0.15) is 194 Å². The summed E-state index contributed by atoms with van der Waals surface area (Å²) in [5, 5.41) is 28.0. The van der Waals surface area contributed by atoms with Crippen molar-refractivity contribution >= 4 is 29.3 Å². The Morgan fingerprint density at radius 1 is 0.587 bits per heavy atom. The van der Waals surface area contributed by atoms with Crippen molar-refractivity contribution in [2.75, 3.05) is 12.4 Å². The second kappa shape index (κ2) is 31.3. The number of unbranched alkanes of at least 4 members (excludes halogenated alkanes) is 24. The van der Waals surface area contributed by atoms with Gasteiger partial charge < -0.3 is 21.1 Å². The highest BCUT2D eigenvalue weighted by atomic mass is 32.2. The van der Waals surface area contributed by atoms with Crippen molar-refractivity contribution in [2.24, 2.45) is 5.73 Å². The van der Waals surface area contributed by atoms with E-state index in [-0.39, 0.29) is 24.4 Å². The lowest BCUT2D eigenvalue weighted by Gasteiger charge is -2.31. The molecule has 5 N–H and O–H groups in total. The highest BCUT2D eigenvalue weighted by molar-refractivity contribution is 8.00. The van der Waals surface area contributed by atoms with E-state index in [0.717, 1.165) is 50.3 Å². The topological polar surface area (TPSA) is 138 Å². The monoisotopic (exact) mass is 672 g/mol. The normalized spacial score (nSPS) is 14.2. The first kappa shape index (κ1) is 45.0. The number of carboxylic acid groups (broad SMARTS) is 1. The van der Waals surface area contributed by atoms with Crippen molar-refractivity contribution in [3.8, 4) is 0 Å². The predicted octanol–water partition coefficient (Wildman–Crippen LogP) is 9.32. The Balaban J connectivity index is 4.58. The number of nitrogens with two attached hydrogens (primary N) is 1. The number of ketones is 2. The van der Waals surface area contributed by atoms with Gasteiger partial charge >= 0.3 is 5.97 Å². The van der Waals surface area contributed by atoms with Crippen LogP contribution >= 0.6 is 11.8 Å². The maximum absolute atomic E-state index is 13.3. The molecule has 0 bridgehead atoms. The van der Waals surface area contributed by atoms with Crippen molar-refractivity contribution in [2.45, 2.75) is 211 Å². The molecule has 0 fully saturated rings. The Kier molecular flexibility index (Phi) is 30.7.